The van der Waals surface area contributed by atoms with Gasteiger partial charge < -0.3 is 5.32 Å². The van der Waals surface area contributed by atoms with Crippen LogP contribution in [0.25, 0.3) is 0 Å². The van der Waals surface area contributed by atoms with E-state index in [1.54, 1.807) is 47.3 Å². The average Bonchev–Trinajstić information content (AvgIpc) is 3.09. The third-order valence-electron chi connectivity index (χ3n) is 4.99. The summed E-state index contributed by atoms with van der Waals surface area (Å²) in [4.78, 5) is 35.9. The molecule has 1 aliphatic rings. The Kier molecular flexibility index (Phi) is 5.53. The number of nitrogens with zero attached hydrogens (tertiary/aromatic N) is 2. The van der Waals surface area contributed by atoms with Crippen LogP contribution in [-0.4, -0.2) is 33.7 Å². The molecule has 2 amide bonds. The van der Waals surface area contributed by atoms with Crippen molar-refractivity contribution < 1.29 is 19.2 Å². The summed E-state index contributed by atoms with van der Waals surface area (Å²) in [6.07, 6.45) is 1.69. The van der Waals surface area contributed by atoms with Gasteiger partial charge in [-0.05, 0) is 24.3 Å². The Morgan fingerprint density at radius 1 is 0.968 bits per heavy atom. The maximum Gasteiger partial charge on any atom is 0.304 e. The number of benzene rings is 3. The molecule has 1 saturated heterocycles. The van der Waals surface area contributed by atoms with E-state index < -0.39 is 17.0 Å². The topological polar surface area (TPSA) is 104 Å². The van der Waals surface area contributed by atoms with Gasteiger partial charge in [-0.25, -0.2) is 0 Å². The number of amides is 2. The molecule has 3 aromatic rings. The number of nitrogens with one attached hydrogen (secondary N) is 2. The molecule has 3 aromatic carbocycles. The van der Waals surface area contributed by atoms with Crippen LogP contribution in [0.5, 0.6) is 0 Å². The van der Waals surface area contributed by atoms with E-state index >= 15 is 0 Å². The lowest BCUT2D eigenvalue weighted by Gasteiger charge is -2.14. The van der Waals surface area contributed by atoms with Crippen molar-refractivity contribution in [1.82, 2.24) is 10.7 Å². The maximum absolute atomic E-state index is 12.8. The highest BCUT2D eigenvalue weighted by atomic mass is 16.6. The fourth-order valence-electron chi connectivity index (χ4n) is 3.49. The predicted octanol–water partition coefficient (Wildman–Crippen LogP) is 2.61. The van der Waals surface area contributed by atoms with Crippen molar-refractivity contribution in [3.05, 3.63) is 112 Å². The van der Waals surface area contributed by atoms with Crippen molar-refractivity contribution in [2.24, 2.45) is 0 Å². The summed E-state index contributed by atoms with van der Waals surface area (Å²) >= 11 is 0. The molecule has 0 radical (unpaired) electrons. The summed E-state index contributed by atoms with van der Waals surface area (Å²) in [6.45, 7) is 0. The number of nitro benzene ring substituents is 1. The van der Waals surface area contributed by atoms with Gasteiger partial charge in [-0.1, -0.05) is 48.5 Å². The Labute approximate surface area is 178 Å². The smallest absolute Gasteiger partial charge is 0.304 e. The summed E-state index contributed by atoms with van der Waals surface area (Å²) in [6, 6.07) is 22.7. The molecule has 0 saturated carbocycles. The lowest BCUT2D eigenvalue weighted by Crippen LogP contribution is -2.42. The van der Waals surface area contributed by atoms with Crippen LogP contribution in [-0.2, 0) is 4.79 Å². The van der Waals surface area contributed by atoms with E-state index in [0.29, 0.717) is 11.1 Å². The molecule has 4 rings (SSSR count). The van der Waals surface area contributed by atoms with Crippen molar-refractivity contribution in [1.29, 1.82) is 0 Å². The molecule has 0 spiro atoms. The third kappa shape index (κ3) is 4.32. The first-order chi connectivity index (χ1) is 15.0. The van der Waals surface area contributed by atoms with Crippen LogP contribution >= 0.6 is 0 Å². The fraction of sp³-hybridized carbons (Fsp3) is 0.0870. The molecule has 1 aliphatic heterocycles. The Bertz CT molecular complexity index is 1150. The van der Waals surface area contributed by atoms with Crippen LogP contribution in [0.4, 0.5) is 5.69 Å². The normalized spacial score (nSPS) is 19.1. The molecular weight excluding hydrogens is 396 g/mol. The van der Waals surface area contributed by atoms with E-state index in [1.807, 2.05) is 36.4 Å². The molecule has 0 aromatic heterocycles. The first-order valence-electron chi connectivity index (χ1n) is 9.62. The SMILES string of the molecule is O=C(N[C@@H]1C(=O)N/[N+](=C/c2ccc([N+](=O)[O-])cc2)[C@H]1c1ccccc1)c1ccccc1. The molecule has 154 valence electrons. The monoisotopic (exact) mass is 415 g/mol. The zero-order valence-corrected chi connectivity index (χ0v) is 16.3. The van der Waals surface area contributed by atoms with Crippen molar-refractivity contribution in [3.63, 3.8) is 0 Å². The molecular formula is C23H19N4O4+. The first-order valence-corrected chi connectivity index (χ1v) is 9.62. The summed E-state index contributed by atoms with van der Waals surface area (Å²) in [5.41, 5.74) is 4.72. The van der Waals surface area contributed by atoms with Crippen molar-refractivity contribution in [3.8, 4) is 0 Å². The highest BCUT2D eigenvalue weighted by Crippen LogP contribution is 2.25. The van der Waals surface area contributed by atoms with E-state index in [0.717, 1.165) is 5.56 Å². The number of hydrazone groups is 1. The summed E-state index contributed by atoms with van der Waals surface area (Å²) in [5.74, 6) is -0.699. The Morgan fingerprint density at radius 3 is 2.19 bits per heavy atom. The second kappa shape index (κ2) is 8.58. The number of hydrazine groups is 1. The van der Waals surface area contributed by atoms with E-state index in [9.17, 15) is 19.7 Å². The molecule has 0 aliphatic carbocycles. The number of hydrogen-bond acceptors (Lipinski definition) is 4. The van der Waals surface area contributed by atoms with Crippen LogP contribution in [0.1, 0.15) is 27.5 Å². The Balaban J connectivity index is 1.68. The van der Waals surface area contributed by atoms with Crippen LogP contribution in [0.2, 0.25) is 0 Å². The number of non-ortho nitro benzene ring substituents is 1. The average molecular weight is 415 g/mol. The summed E-state index contributed by atoms with van der Waals surface area (Å²) in [7, 11) is 0. The molecule has 1 heterocycles. The van der Waals surface area contributed by atoms with Crippen molar-refractivity contribution in [2.75, 3.05) is 0 Å². The van der Waals surface area contributed by atoms with Crippen molar-refractivity contribution in [2.45, 2.75) is 12.1 Å². The number of rotatable bonds is 5. The maximum atomic E-state index is 12.8. The highest BCUT2D eigenvalue weighted by molar-refractivity contribution is 5.98. The van der Waals surface area contributed by atoms with Gasteiger partial charge in [0.1, 0.15) is 0 Å². The quantitative estimate of drug-likeness (QED) is 0.380. The zero-order valence-electron chi connectivity index (χ0n) is 16.3. The second-order valence-corrected chi connectivity index (χ2v) is 7.03. The highest BCUT2D eigenvalue weighted by Gasteiger charge is 2.47. The fourth-order valence-corrected chi connectivity index (χ4v) is 3.49. The van der Waals surface area contributed by atoms with Gasteiger partial charge in [0.15, 0.2) is 6.04 Å². The molecule has 31 heavy (non-hydrogen) atoms. The second-order valence-electron chi connectivity index (χ2n) is 7.03. The first kappa shape index (κ1) is 20.0. The Morgan fingerprint density at radius 2 is 1.58 bits per heavy atom. The van der Waals surface area contributed by atoms with E-state index in [-0.39, 0.29) is 17.5 Å². The van der Waals surface area contributed by atoms with E-state index in [1.165, 1.54) is 12.1 Å². The van der Waals surface area contributed by atoms with Gasteiger partial charge >= 0.3 is 5.91 Å². The van der Waals surface area contributed by atoms with E-state index in [4.69, 9.17) is 0 Å². The minimum absolute atomic E-state index is 0.0183. The van der Waals surface area contributed by atoms with Crippen molar-refractivity contribution >= 4 is 23.7 Å². The minimum atomic E-state index is -0.829. The van der Waals surface area contributed by atoms with Crippen LogP contribution in [0.3, 0.4) is 0 Å². The van der Waals surface area contributed by atoms with Gasteiger partial charge in [0.05, 0.1) is 4.92 Å². The number of nitro groups is 1. The lowest BCUT2D eigenvalue weighted by atomic mass is 10.00. The van der Waals surface area contributed by atoms with Crippen LogP contribution in [0.15, 0.2) is 84.9 Å². The molecule has 0 unspecified atom stereocenters. The lowest BCUT2D eigenvalue weighted by molar-refractivity contribution is -0.596. The van der Waals surface area contributed by atoms with Gasteiger partial charge in [0.25, 0.3) is 11.6 Å². The zero-order chi connectivity index (χ0) is 21.8. The van der Waals surface area contributed by atoms with Gasteiger partial charge in [-0.15, -0.1) is 10.1 Å². The predicted molar refractivity (Wildman–Crippen MR) is 114 cm³/mol. The van der Waals surface area contributed by atoms with Gasteiger partial charge in [0.2, 0.25) is 12.3 Å². The number of hydrogen-bond donors (Lipinski definition) is 2. The van der Waals surface area contributed by atoms with Crippen LogP contribution in [0, 0.1) is 10.1 Å². The van der Waals surface area contributed by atoms with Gasteiger partial charge in [-0.3, -0.25) is 19.7 Å². The third-order valence-corrected chi connectivity index (χ3v) is 4.99. The summed E-state index contributed by atoms with van der Waals surface area (Å²) < 4.78 is 1.62. The molecule has 8 nitrogen and oxygen atoms in total. The standard InChI is InChI=1S/C23H18N4O4/c28-22(18-9-5-2-6-10-18)24-20-21(17-7-3-1-4-8-17)26(25-23(20)29)15-16-11-13-19(14-12-16)27(30)31/h1-15,20-21H,(H-,24,25,28,29)/p+1/b26-15+/t20-,21-/m0/s1. The number of carbonyl (C=O) groups is 2. The molecule has 2 atom stereocenters. The number of carbonyl (C=O) groups excluding carboxylic acids is 2. The molecule has 8 heteroatoms. The summed E-state index contributed by atoms with van der Waals surface area (Å²) in [5, 5.41) is 13.7. The molecule has 2 N–H and O–H groups in total. The largest absolute Gasteiger partial charge is 0.334 e. The van der Waals surface area contributed by atoms with Gasteiger partial charge in [-0.2, -0.15) is 0 Å². The van der Waals surface area contributed by atoms with E-state index in [2.05, 4.69) is 10.7 Å². The molecule has 0 bridgehead atoms. The Hall–Kier alpha value is -4.33. The minimum Gasteiger partial charge on any atom is -0.334 e. The van der Waals surface area contributed by atoms with Crippen LogP contribution < -0.4 is 10.7 Å². The van der Waals surface area contributed by atoms with Gasteiger partial charge in [0, 0.05) is 28.8 Å². The molecule has 1 fully saturated rings.